The summed E-state index contributed by atoms with van der Waals surface area (Å²) in [7, 11) is 0. The Bertz CT molecular complexity index is 778. The Morgan fingerprint density at radius 2 is 0.897 bits per heavy atom. The van der Waals surface area contributed by atoms with Gasteiger partial charge in [-0.1, -0.05) is 167 Å². The number of nitrogens with zero attached hydrogens (tertiary/aromatic N) is 2. The minimum Gasteiger partial charge on any atom is -0.234 e. The van der Waals surface area contributed by atoms with Crippen LogP contribution in [0.25, 0.3) is 5.69 Å². The second kappa shape index (κ2) is 24.2. The van der Waals surface area contributed by atoms with Gasteiger partial charge >= 0.3 is 0 Å². The second-order valence-corrected chi connectivity index (χ2v) is 12.1. The van der Waals surface area contributed by atoms with E-state index in [0.717, 1.165) is 0 Å². The molecule has 0 amide bonds. The molecule has 0 unspecified atom stereocenters. The molecule has 2 heteroatoms. The minimum atomic E-state index is 1.17. The monoisotopic (exact) mass is 538 g/mol. The lowest BCUT2D eigenvalue weighted by atomic mass is 10.0. The zero-order chi connectivity index (χ0) is 27.6. The van der Waals surface area contributed by atoms with Gasteiger partial charge in [-0.2, -0.15) is 4.57 Å². The Labute approximate surface area is 244 Å². The summed E-state index contributed by atoms with van der Waals surface area (Å²) in [6.45, 7) is 5.78. The summed E-state index contributed by atoms with van der Waals surface area (Å²) >= 11 is 0. The summed E-state index contributed by atoms with van der Waals surface area (Å²) in [6, 6.07) is 11.0. The first-order chi connectivity index (χ1) is 19.4. The number of aromatic nitrogens is 2. The number of imidazole rings is 1. The highest BCUT2D eigenvalue weighted by atomic mass is 15.1. The predicted molar refractivity (Wildman–Crippen MR) is 172 cm³/mol. The molecular weight excluding hydrogens is 472 g/mol. The molecule has 2 nitrogen and oxygen atoms in total. The molecule has 1 heterocycles. The van der Waals surface area contributed by atoms with Crippen LogP contribution in [0.2, 0.25) is 0 Å². The van der Waals surface area contributed by atoms with Crippen molar-refractivity contribution in [3.63, 3.8) is 0 Å². The first-order valence-electron chi connectivity index (χ1n) is 17.5. The molecule has 0 bridgehead atoms. The van der Waals surface area contributed by atoms with Gasteiger partial charge in [-0.15, -0.1) is 0 Å². The van der Waals surface area contributed by atoms with Crippen molar-refractivity contribution in [2.24, 2.45) is 0 Å². The van der Waals surface area contributed by atoms with E-state index in [1.807, 2.05) is 0 Å². The number of hydrogen-bond donors (Lipinski definition) is 0. The predicted octanol–water partition coefficient (Wildman–Crippen LogP) is 11.7. The third-order valence-corrected chi connectivity index (χ3v) is 8.55. The molecule has 39 heavy (non-hydrogen) atoms. The number of para-hydroxylation sites is 1. The minimum absolute atomic E-state index is 1.17. The molecule has 0 fully saturated rings. The zero-order valence-electron chi connectivity index (χ0n) is 26.3. The molecule has 0 saturated carbocycles. The molecule has 0 radical (unpaired) electrons. The fourth-order valence-electron chi connectivity index (χ4n) is 6.00. The summed E-state index contributed by atoms with van der Waals surface area (Å²) in [6.07, 6.45) is 39.8. The number of rotatable bonds is 27. The van der Waals surface area contributed by atoms with E-state index in [1.54, 1.807) is 0 Å². The normalized spacial score (nSPS) is 11.4. The van der Waals surface area contributed by atoms with Crippen molar-refractivity contribution in [2.75, 3.05) is 0 Å². The summed E-state index contributed by atoms with van der Waals surface area (Å²) in [5.74, 6) is 1.50. The highest BCUT2D eigenvalue weighted by molar-refractivity contribution is 5.31. The largest absolute Gasteiger partial charge is 0.261 e. The van der Waals surface area contributed by atoms with Gasteiger partial charge in [0.05, 0.1) is 6.54 Å². The first-order valence-corrected chi connectivity index (χ1v) is 17.5. The van der Waals surface area contributed by atoms with Gasteiger partial charge in [-0.25, -0.2) is 4.57 Å². The van der Waals surface area contributed by atoms with Crippen LogP contribution in [0.4, 0.5) is 0 Å². The van der Waals surface area contributed by atoms with Crippen molar-refractivity contribution in [1.29, 1.82) is 0 Å². The van der Waals surface area contributed by atoms with Crippen LogP contribution in [0, 0.1) is 0 Å². The van der Waals surface area contributed by atoms with E-state index in [2.05, 4.69) is 65.7 Å². The molecule has 1 aromatic carbocycles. The van der Waals surface area contributed by atoms with Gasteiger partial charge in [-0.05, 0) is 31.4 Å². The highest BCUT2D eigenvalue weighted by Crippen LogP contribution is 2.16. The van der Waals surface area contributed by atoms with Crippen molar-refractivity contribution in [1.82, 2.24) is 4.57 Å². The van der Waals surface area contributed by atoms with E-state index >= 15 is 0 Å². The molecular formula is C37H65N2+. The molecule has 2 aromatic rings. The van der Waals surface area contributed by atoms with Crippen LogP contribution in [0.5, 0.6) is 0 Å². The standard InChI is InChI=1S/C37H65N2/c1-3-5-7-9-11-13-15-16-18-20-22-24-29-33-38-34-35-39(36-30-26-25-27-31-36)37(38)32-28-23-21-19-17-14-12-10-8-6-4-2/h25-27,30-31,34-35H,3-24,28-29,32-33H2,1-2H3/q+1. The average molecular weight is 538 g/mol. The summed E-state index contributed by atoms with van der Waals surface area (Å²) < 4.78 is 5.00. The van der Waals surface area contributed by atoms with E-state index in [1.165, 1.54) is 179 Å². The maximum atomic E-state index is 2.56. The Morgan fingerprint density at radius 1 is 0.487 bits per heavy atom. The van der Waals surface area contributed by atoms with Crippen molar-refractivity contribution >= 4 is 0 Å². The Morgan fingerprint density at radius 3 is 1.36 bits per heavy atom. The molecule has 0 aliphatic heterocycles. The zero-order valence-corrected chi connectivity index (χ0v) is 26.3. The molecule has 0 aliphatic carbocycles. The summed E-state index contributed by atoms with van der Waals surface area (Å²) in [5.41, 5.74) is 1.31. The lowest BCUT2D eigenvalue weighted by molar-refractivity contribution is -0.704. The number of benzene rings is 1. The maximum absolute atomic E-state index is 2.56. The van der Waals surface area contributed by atoms with Gasteiger partial charge in [0, 0.05) is 6.42 Å². The van der Waals surface area contributed by atoms with Crippen LogP contribution >= 0.6 is 0 Å². The third-order valence-electron chi connectivity index (χ3n) is 8.55. The van der Waals surface area contributed by atoms with Gasteiger partial charge in [0.25, 0.3) is 5.82 Å². The fourth-order valence-corrected chi connectivity index (χ4v) is 6.00. The van der Waals surface area contributed by atoms with Crippen molar-refractivity contribution in [3.05, 3.63) is 48.5 Å². The molecule has 1 aromatic heterocycles. The summed E-state index contributed by atoms with van der Waals surface area (Å²) in [4.78, 5) is 0. The van der Waals surface area contributed by atoms with E-state index in [0.29, 0.717) is 0 Å². The maximum Gasteiger partial charge on any atom is 0.261 e. The lowest BCUT2D eigenvalue weighted by Gasteiger charge is -2.07. The van der Waals surface area contributed by atoms with Crippen LogP contribution in [0.1, 0.15) is 174 Å². The number of hydrogen-bond acceptors (Lipinski definition) is 0. The van der Waals surface area contributed by atoms with Crippen molar-refractivity contribution in [3.8, 4) is 5.69 Å². The molecule has 2 rings (SSSR count). The van der Waals surface area contributed by atoms with Crippen LogP contribution < -0.4 is 4.57 Å². The molecule has 0 atom stereocenters. The van der Waals surface area contributed by atoms with E-state index < -0.39 is 0 Å². The summed E-state index contributed by atoms with van der Waals surface area (Å²) in [5, 5.41) is 0. The van der Waals surface area contributed by atoms with Gasteiger partial charge < -0.3 is 0 Å². The topological polar surface area (TPSA) is 8.81 Å². The second-order valence-electron chi connectivity index (χ2n) is 12.1. The molecule has 0 aliphatic rings. The average Bonchev–Trinajstić information content (AvgIpc) is 3.37. The third kappa shape index (κ3) is 16.3. The lowest BCUT2D eigenvalue weighted by Crippen LogP contribution is -2.37. The highest BCUT2D eigenvalue weighted by Gasteiger charge is 2.18. The molecule has 0 spiro atoms. The quantitative estimate of drug-likeness (QED) is 0.0791. The van der Waals surface area contributed by atoms with Gasteiger partial charge in [0.15, 0.2) is 0 Å². The van der Waals surface area contributed by atoms with Crippen LogP contribution in [-0.2, 0) is 13.0 Å². The van der Waals surface area contributed by atoms with Gasteiger partial charge in [0.2, 0.25) is 0 Å². The molecule has 0 N–H and O–H groups in total. The number of unbranched alkanes of at least 4 members (excludes halogenated alkanes) is 22. The van der Waals surface area contributed by atoms with Crippen molar-refractivity contribution < 1.29 is 4.57 Å². The Balaban J connectivity index is 1.62. The molecule has 222 valence electrons. The van der Waals surface area contributed by atoms with Crippen LogP contribution in [0.3, 0.4) is 0 Å². The van der Waals surface area contributed by atoms with E-state index in [4.69, 9.17) is 0 Å². The van der Waals surface area contributed by atoms with Crippen LogP contribution in [-0.4, -0.2) is 4.57 Å². The van der Waals surface area contributed by atoms with Gasteiger partial charge in [0.1, 0.15) is 18.1 Å². The van der Waals surface area contributed by atoms with Crippen molar-refractivity contribution in [2.45, 2.75) is 181 Å². The fraction of sp³-hybridized carbons (Fsp3) is 0.757. The van der Waals surface area contributed by atoms with Gasteiger partial charge in [-0.3, -0.25) is 0 Å². The smallest absolute Gasteiger partial charge is 0.234 e. The molecule has 0 saturated heterocycles. The van der Waals surface area contributed by atoms with E-state index in [9.17, 15) is 0 Å². The van der Waals surface area contributed by atoms with Crippen LogP contribution in [0.15, 0.2) is 42.7 Å². The Kier molecular flexibility index (Phi) is 20.9. The SMILES string of the molecule is CCCCCCCCCCCCCCC[n+]1ccn(-c2ccccc2)c1CCCCCCCCCCCCC. The van der Waals surface area contributed by atoms with E-state index in [-0.39, 0.29) is 0 Å². The number of aryl methyl sites for hydroxylation is 1. The first kappa shape index (κ1) is 33.6. The Hall–Kier alpha value is -1.57.